The number of hydrogen-bond acceptors (Lipinski definition) is 2. The summed E-state index contributed by atoms with van der Waals surface area (Å²) in [5, 5.41) is 19.2. The van der Waals surface area contributed by atoms with Crippen molar-refractivity contribution in [2.75, 3.05) is 0 Å². The van der Waals surface area contributed by atoms with Crippen molar-refractivity contribution in [2.45, 2.75) is 51.3 Å². The highest BCUT2D eigenvalue weighted by molar-refractivity contribution is 5.75. The van der Waals surface area contributed by atoms with E-state index in [-0.39, 0.29) is 25.7 Å². The van der Waals surface area contributed by atoms with Gasteiger partial charge in [0.1, 0.15) is 0 Å². The first kappa shape index (κ1) is 14.3. The third-order valence-corrected chi connectivity index (χ3v) is 3.97. The Kier molecular flexibility index (Phi) is 3.49. The summed E-state index contributed by atoms with van der Waals surface area (Å²) in [6.07, 6.45) is -4.94. The molecule has 0 unspecified atom stereocenters. The summed E-state index contributed by atoms with van der Waals surface area (Å²) in [4.78, 5) is 11.0. The van der Waals surface area contributed by atoms with Gasteiger partial charge in [-0.05, 0) is 39.5 Å². The maximum absolute atomic E-state index is 12.5. The maximum Gasteiger partial charge on any atom is 0.391 e. The van der Waals surface area contributed by atoms with Gasteiger partial charge in [0.15, 0.2) is 0 Å². The molecule has 1 rings (SSSR count). The lowest BCUT2D eigenvalue weighted by Crippen LogP contribution is -2.52. The van der Waals surface area contributed by atoms with E-state index in [0.29, 0.717) is 0 Å². The lowest BCUT2D eigenvalue weighted by atomic mass is 9.65. The van der Waals surface area contributed by atoms with Crippen LogP contribution in [0.15, 0.2) is 0 Å². The highest BCUT2D eigenvalue weighted by Gasteiger charge is 2.53. The molecule has 0 amide bonds. The molecule has 1 fully saturated rings. The minimum atomic E-state index is -4.26. The largest absolute Gasteiger partial charge is 0.481 e. The van der Waals surface area contributed by atoms with E-state index >= 15 is 0 Å². The molecule has 0 aromatic heterocycles. The van der Waals surface area contributed by atoms with Gasteiger partial charge in [0.2, 0.25) is 0 Å². The van der Waals surface area contributed by atoms with Crippen molar-refractivity contribution >= 4 is 5.97 Å². The van der Waals surface area contributed by atoms with Crippen molar-refractivity contribution < 1.29 is 28.2 Å². The second-order valence-electron chi connectivity index (χ2n) is 5.28. The number of rotatable bonds is 2. The Hall–Kier alpha value is -0.780. The maximum atomic E-state index is 12.5. The van der Waals surface area contributed by atoms with E-state index in [0.717, 1.165) is 0 Å². The Morgan fingerprint density at radius 2 is 1.65 bits per heavy atom. The van der Waals surface area contributed by atoms with E-state index in [9.17, 15) is 23.1 Å². The number of aliphatic hydroxyl groups is 1. The summed E-state index contributed by atoms with van der Waals surface area (Å²) in [6.45, 7) is 2.70. The third kappa shape index (κ3) is 2.56. The second kappa shape index (κ2) is 4.15. The van der Waals surface area contributed by atoms with E-state index in [2.05, 4.69) is 0 Å². The smallest absolute Gasteiger partial charge is 0.391 e. The number of aliphatic carboxylic acids is 1. The van der Waals surface area contributed by atoms with Gasteiger partial charge < -0.3 is 10.2 Å². The van der Waals surface area contributed by atoms with E-state index in [1.54, 1.807) is 0 Å². The molecule has 0 heterocycles. The van der Waals surface area contributed by atoms with Crippen LogP contribution in [-0.2, 0) is 4.79 Å². The Labute approximate surface area is 97.6 Å². The highest BCUT2D eigenvalue weighted by atomic mass is 19.4. The first-order valence-corrected chi connectivity index (χ1v) is 5.53. The molecule has 0 radical (unpaired) electrons. The van der Waals surface area contributed by atoms with Crippen molar-refractivity contribution in [1.82, 2.24) is 0 Å². The first-order chi connectivity index (χ1) is 7.51. The van der Waals surface area contributed by atoms with Crippen molar-refractivity contribution in [3.05, 3.63) is 0 Å². The fourth-order valence-electron chi connectivity index (χ4n) is 2.25. The van der Waals surface area contributed by atoms with Gasteiger partial charge in [0.25, 0.3) is 0 Å². The van der Waals surface area contributed by atoms with Gasteiger partial charge in [0.05, 0.1) is 16.9 Å². The summed E-state index contributed by atoms with van der Waals surface area (Å²) in [7, 11) is 0. The van der Waals surface area contributed by atoms with Crippen LogP contribution < -0.4 is 0 Å². The Morgan fingerprint density at radius 3 is 1.94 bits per heavy atom. The molecule has 0 bridgehead atoms. The van der Waals surface area contributed by atoms with Crippen LogP contribution in [0.1, 0.15) is 39.5 Å². The zero-order valence-corrected chi connectivity index (χ0v) is 9.84. The molecule has 6 heteroatoms. The Balaban J connectivity index is 2.77. The van der Waals surface area contributed by atoms with Crippen molar-refractivity contribution in [2.24, 2.45) is 11.3 Å². The summed E-state index contributed by atoms with van der Waals surface area (Å²) < 4.78 is 37.4. The van der Waals surface area contributed by atoms with Gasteiger partial charge in [-0.15, -0.1) is 0 Å². The molecule has 0 atom stereocenters. The third-order valence-electron chi connectivity index (χ3n) is 3.97. The van der Waals surface area contributed by atoms with Crippen LogP contribution in [-0.4, -0.2) is 28.0 Å². The minimum absolute atomic E-state index is 0.128. The van der Waals surface area contributed by atoms with Gasteiger partial charge in [-0.2, -0.15) is 13.2 Å². The summed E-state index contributed by atoms with van der Waals surface area (Å²) in [5.74, 6) is -2.61. The van der Waals surface area contributed by atoms with Crippen molar-refractivity contribution in [3.63, 3.8) is 0 Å². The van der Waals surface area contributed by atoms with Crippen molar-refractivity contribution in [3.8, 4) is 0 Å². The fourth-order valence-corrected chi connectivity index (χ4v) is 2.25. The predicted octanol–water partition coefficient (Wildman–Crippen LogP) is 2.58. The standard InChI is InChI=1S/C11H17F3O3/c1-9(2,8(15)16)10(17)5-3-7(4-6-10)11(12,13)14/h7,17H,3-6H2,1-2H3,(H,15,16). The van der Waals surface area contributed by atoms with Crippen LogP contribution in [0.3, 0.4) is 0 Å². The molecular weight excluding hydrogens is 237 g/mol. The van der Waals surface area contributed by atoms with E-state index in [1.807, 2.05) is 0 Å². The van der Waals surface area contributed by atoms with Crippen LogP contribution in [0, 0.1) is 11.3 Å². The lowest BCUT2D eigenvalue weighted by molar-refractivity contribution is -0.205. The molecule has 100 valence electrons. The van der Waals surface area contributed by atoms with Crippen molar-refractivity contribution in [1.29, 1.82) is 0 Å². The zero-order valence-electron chi connectivity index (χ0n) is 9.84. The van der Waals surface area contributed by atoms with Crippen LogP contribution in [0.2, 0.25) is 0 Å². The van der Waals surface area contributed by atoms with Gasteiger partial charge in [-0.1, -0.05) is 0 Å². The molecule has 1 saturated carbocycles. The van der Waals surface area contributed by atoms with E-state index < -0.39 is 29.1 Å². The molecule has 2 N–H and O–H groups in total. The molecule has 0 saturated heterocycles. The van der Waals surface area contributed by atoms with Crippen LogP contribution in [0.5, 0.6) is 0 Å². The molecular formula is C11H17F3O3. The fraction of sp³-hybridized carbons (Fsp3) is 0.909. The average molecular weight is 254 g/mol. The molecule has 3 nitrogen and oxygen atoms in total. The SMILES string of the molecule is CC(C)(C(=O)O)C1(O)CCC(C(F)(F)F)CC1. The molecule has 0 aromatic rings. The number of carboxylic acids is 1. The van der Waals surface area contributed by atoms with Gasteiger partial charge in [-0.3, -0.25) is 4.79 Å². The summed E-state index contributed by atoms with van der Waals surface area (Å²) in [5.41, 5.74) is -2.98. The lowest BCUT2D eigenvalue weighted by Gasteiger charge is -2.44. The molecule has 1 aliphatic rings. The van der Waals surface area contributed by atoms with Crippen LogP contribution >= 0.6 is 0 Å². The quantitative estimate of drug-likeness (QED) is 0.796. The normalized spacial score (nSPS) is 31.3. The number of halogens is 3. The monoisotopic (exact) mass is 254 g/mol. The topological polar surface area (TPSA) is 57.5 Å². The van der Waals surface area contributed by atoms with Gasteiger partial charge in [0, 0.05) is 0 Å². The molecule has 1 aliphatic carbocycles. The van der Waals surface area contributed by atoms with Crippen LogP contribution in [0.4, 0.5) is 13.2 Å². The number of carboxylic acid groups (broad SMARTS) is 1. The molecule has 0 aliphatic heterocycles. The van der Waals surface area contributed by atoms with E-state index in [1.165, 1.54) is 13.8 Å². The number of hydrogen-bond donors (Lipinski definition) is 2. The predicted molar refractivity (Wildman–Crippen MR) is 54.4 cm³/mol. The second-order valence-corrected chi connectivity index (χ2v) is 5.28. The summed E-state index contributed by atoms with van der Waals surface area (Å²) >= 11 is 0. The first-order valence-electron chi connectivity index (χ1n) is 5.53. The highest BCUT2D eigenvalue weighted by Crippen LogP contribution is 2.47. The average Bonchev–Trinajstić information content (AvgIpc) is 2.16. The molecule has 17 heavy (non-hydrogen) atoms. The summed E-state index contributed by atoms with van der Waals surface area (Å²) in [6, 6.07) is 0. The number of alkyl halides is 3. The van der Waals surface area contributed by atoms with Crippen LogP contribution in [0.25, 0.3) is 0 Å². The van der Waals surface area contributed by atoms with E-state index in [4.69, 9.17) is 5.11 Å². The zero-order chi connectivity index (χ0) is 13.5. The van der Waals surface area contributed by atoms with Gasteiger partial charge in [-0.25, -0.2) is 0 Å². The minimum Gasteiger partial charge on any atom is -0.481 e. The van der Waals surface area contributed by atoms with Gasteiger partial charge >= 0.3 is 12.1 Å². The molecule has 0 aromatic carbocycles. The molecule has 0 spiro atoms. The number of carbonyl (C=O) groups is 1. The Bertz CT molecular complexity index is 302. The Morgan fingerprint density at radius 1 is 1.24 bits per heavy atom.